The molecule has 0 spiro atoms. The molecule has 8 heteroatoms. The van der Waals surface area contributed by atoms with Gasteiger partial charge in [0, 0.05) is 23.7 Å². The van der Waals surface area contributed by atoms with E-state index >= 15 is 0 Å². The summed E-state index contributed by atoms with van der Waals surface area (Å²) in [5, 5.41) is 0.508. The standard InChI is InChI=1S/C20H19ClF3NO3/c21-16-4-1-3-15(11-16)19(26)25-10-2-5-18(12-25)27-13-14-6-8-17(9-7-14)28-20(22,23)24/h1,3-4,6-9,11,18H,2,5,10,12-13H2. The Kier molecular flexibility index (Phi) is 6.46. The molecule has 28 heavy (non-hydrogen) atoms. The highest BCUT2D eigenvalue weighted by molar-refractivity contribution is 6.30. The summed E-state index contributed by atoms with van der Waals surface area (Å²) < 4.78 is 46.3. The maximum absolute atomic E-state index is 12.6. The lowest BCUT2D eigenvalue weighted by Gasteiger charge is -2.32. The van der Waals surface area contributed by atoms with Crippen molar-refractivity contribution in [3.63, 3.8) is 0 Å². The Labute approximate surface area is 165 Å². The molecular weight excluding hydrogens is 395 g/mol. The number of hydrogen-bond acceptors (Lipinski definition) is 3. The van der Waals surface area contributed by atoms with Gasteiger partial charge >= 0.3 is 6.36 Å². The normalized spacial score (nSPS) is 17.4. The van der Waals surface area contributed by atoms with Crippen LogP contribution in [0.2, 0.25) is 5.02 Å². The first-order chi connectivity index (χ1) is 13.3. The summed E-state index contributed by atoms with van der Waals surface area (Å²) in [4.78, 5) is 14.4. The highest BCUT2D eigenvalue weighted by atomic mass is 35.5. The smallest absolute Gasteiger partial charge is 0.406 e. The molecule has 0 bridgehead atoms. The van der Waals surface area contributed by atoms with E-state index in [-0.39, 0.29) is 24.4 Å². The first-order valence-corrected chi connectivity index (χ1v) is 9.19. The van der Waals surface area contributed by atoms with Gasteiger partial charge in [-0.3, -0.25) is 4.79 Å². The number of hydrogen-bond donors (Lipinski definition) is 0. The van der Waals surface area contributed by atoms with E-state index in [1.165, 1.54) is 24.3 Å². The van der Waals surface area contributed by atoms with Crippen molar-refractivity contribution in [2.24, 2.45) is 0 Å². The molecule has 1 unspecified atom stereocenters. The first-order valence-electron chi connectivity index (χ1n) is 8.81. The fraction of sp³-hybridized carbons (Fsp3) is 0.350. The molecule has 150 valence electrons. The summed E-state index contributed by atoms with van der Waals surface area (Å²) in [5.41, 5.74) is 1.27. The highest BCUT2D eigenvalue weighted by Gasteiger charge is 2.31. The van der Waals surface area contributed by atoms with Crippen LogP contribution in [0.15, 0.2) is 48.5 Å². The van der Waals surface area contributed by atoms with E-state index < -0.39 is 6.36 Å². The Morgan fingerprint density at radius 2 is 1.93 bits per heavy atom. The second-order valence-corrected chi connectivity index (χ2v) is 6.96. The Bertz CT molecular complexity index is 811. The molecule has 1 atom stereocenters. The molecule has 4 nitrogen and oxygen atoms in total. The Morgan fingerprint density at radius 1 is 1.18 bits per heavy atom. The summed E-state index contributed by atoms with van der Waals surface area (Å²) in [6.45, 7) is 1.35. The van der Waals surface area contributed by atoms with Crippen molar-refractivity contribution < 1.29 is 27.4 Å². The predicted octanol–water partition coefficient (Wildman–Crippen LogP) is 5.06. The number of rotatable bonds is 5. The van der Waals surface area contributed by atoms with Crippen molar-refractivity contribution in [2.45, 2.75) is 31.9 Å². The van der Waals surface area contributed by atoms with Gasteiger partial charge in [-0.1, -0.05) is 29.8 Å². The van der Waals surface area contributed by atoms with Crippen molar-refractivity contribution in [3.05, 3.63) is 64.7 Å². The molecule has 1 fully saturated rings. The van der Waals surface area contributed by atoms with Gasteiger partial charge in [0.15, 0.2) is 0 Å². The summed E-state index contributed by atoms with van der Waals surface area (Å²) in [6.07, 6.45) is -3.22. The molecule has 0 saturated carbocycles. The Hall–Kier alpha value is -2.25. The van der Waals surface area contributed by atoms with Gasteiger partial charge in [0.05, 0.1) is 12.7 Å². The van der Waals surface area contributed by atoms with Crippen molar-refractivity contribution in [1.29, 1.82) is 0 Å². The zero-order valence-corrected chi connectivity index (χ0v) is 15.7. The molecule has 0 N–H and O–H groups in total. The van der Waals surface area contributed by atoms with E-state index in [4.69, 9.17) is 16.3 Å². The Balaban J connectivity index is 1.53. The van der Waals surface area contributed by atoms with Crippen LogP contribution in [0.4, 0.5) is 13.2 Å². The van der Waals surface area contributed by atoms with Crippen LogP contribution in [0.5, 0.6) is 5.75 Å². The van der Waals surface area contributed by atoms with Gasteiger partial charge in [-0.15, -0.1) is 13.2 Å². The minimum Gasteiger partial charge on any atom is -0.406 e. The van der Waals surface area contributed by atoms with E-state index in [9.17, 15) is 18.0 Å². The SMILES string of the molecule is O=C(c1cccc(Cl)c1)N1CCCC(OCc2ccc(OC(F)(F)F)cc2)C1. The van der Waals surface area contributed by atoms with Gasteiger partial charge < -0.3 is 14.4 Å². The lowest BCUT2D eigenvalue weighted by atomic mass is 10.1. The predicted molar refractivity (Wildman–Crippen MR) is 98.3 cm³/mol. The number of alkyl halides is 3. The number of carbonyl (C=O) groups is 1. The lowest BCUT2D eigenvalue weighted by Crippen LogP contribution is -2.43. The van der Waals surface area contributed by atoms with Gasteiger partial charge in [0.2, 0.25) is 0 Å². The molecule has 3 rings (SSSR count). The van der Waals surface area contributed by atoms with Crippen molar-refractivity contribution in [3.8, 4) is 5.75 Å². The lowest BCUT2D eigenvalue weighted by molar-refractivity contribution is -0.274. The number of amides is 1. The first kappa shape index (κ1) is 20.5. The molecule has 0 aromatic heterocycles. The minimum atomic E-state index is -4.71. The van der Waals surface area contributed by atoms with Gasteiger partial charge in [0.1, 0.15) is 5.75 Å². The fourth-order valence-corrected chi connectivity index (χ4v) is 3.25. The van der Waals surface area contributed by atoms with Crippen molar-refractivity contribution in [2.75, 3.05) is 13.1 Å². The van der Waals surface area contributed by atoms with E-state index in [2.05, 4.69) is 4.74 Å². The molecule has 1 amide bonds. The van der Waals surface area contributed by atoms with Crippen LogP contribution in [-0.2, 0) is 11.3 Å². The number of halogens is 4. The van der Waals surface area contributed by atoms with Crippen molar-refractivity contribution in [1.82, 2.24) is 4.90 Å². The maximum atomic E-state index is 12.6. The topological polar surface area (TPSA) is 38.8 Å². The van der Waals surface area contributed by atoms with Gasteiger partial charge in [-0.25, -0.2) is 0 Å². The summed E-state index contributed by atoms with van der Waals surface area (Å²) in [5.74, 6) is -0.364. The van der Waals surface area contributed by atoms with Gasteiger partial charge in [-0.05, 0) is 48.7 Å². The van der Waals surface area contributed by atoms with Crippen LogP contribution < -0.4 is 4.74 Å². The van der Waals surface area contributed by atoms with Crippen LogP contribution in [0.25, 0.3) is 0 Å². The number of nitrogens with zero attached hydrogens (tertiary/aromatic N) is 1. The number of carbonyl (C=O) groups excluding carboxylic acids is 1. The van der Waals surface area contributed by atoms with Gasteiger partial charge in [0.25, 0.3) is 5.91 Å². The highest BCUT2D eigenvalue weighted by Crippen LogP contribution is 2.24. The van der Waals surface area contributed by atoms with Crippen molar-refractivity contribution >= 4 is 17.5 Å². The number of likely N-dealkylation sites (tertiary alicyclic amines) is 1. The largest absolute Gasteiger partial charge is 0.573 e. The van der Waals surface area contributed by atoms with E-state index in [1.54, 1.807) is 29.2 Å². The molecule has 1 saturated heterocycles. The maximum Gasteiger partial charge on any atom is 0.573 e. The molecule has 2 aromatic carbocycles. The van der Waals surface area contributed by atoms with Crippen LogP contribution in [0.3, 0.4) is 0 Å². The molecule has 0 aliphatic carbocycles. The van der Waals surface area contributed by atoms with Crippen LogP contribution in [0.1, 0.15) is 28.8 Å². The zero-order valence-electron chi connectivity index (χ0n) is 14.9. The molecular formula is C20H19ClF3NO3. The van der Waals surface area contributed by atoms with E-state index in [1.807, 2.05) is 0 Å². The number of ether oxygens (including phenoxy) is 2. The molecule has 0 radical (unpaired) electrons. The van der Waals surface area contributed by atoms with E-state index in [0.717, 1.165) is 18.4 Å². The minimum absolute atomic E-state index is 0.0931. The van der Waals surface area contributed by atoms with Crippen LogP contribution in [-0.4, -0.2) is 36.4 Å². The third kappa shape index (κ3) is 5.87. The average molecular weight is 414 g/mol. The Morgan fingerprint density at radius 3 is 2.61 bits per heavy atom. The fourth-order valence-electron chi connectivity index (χ4n) is 3.06. The molecule has 1 heterocycles. The van der Waals surface area contributed by atoms with Gasteiger partial charge in [-0.2, -0.15) is 0 Å². The second-order valence-electron chi connectivity index (χ2n) is 6.53. The molecule has 1 aliphatic rings. The summed E-state index contributed by atoms with van der Waals surface area (Å²) in [6, 6.07) is 12.4. The number of piperidine rings is 1. The average Bonchev–Trinajstić information content (AvgIpc) is 2.66. The van der Waals surface area contributed by atoms with Crippen LogP contribution >= 0.6 is 11.6 Å². The third-order valence-corrected chi connectivity index (χ3v) is 4.61. The monoisotopic (exact) mass is 413 g/mol. The third-order valence-electron chi connectivity index (χ3n) is 4.38. The quantitative estimate of drug-likeness (QED) is 0.687. The summed E-state index contributed by atoms with van der Waals surface area (Å²) in [7, 11) is 0. The van der Waals surface area contributed by atoms with E-state index in [0.29, 0.717) is 23.7 Å². The summed E-state index contributed by atoms with van der Waals surface area (Å²) >= 11 is 5.95. The zero-order chi connectivity index (χ0) is 20.1. The molecule has 2 aromatic rings. The molecule has 1 aliphatic heterocycles. The second kappa shape index (κ2) is 8.84. The number of benzene rings is 2. The van der Waals surface area contributed by atoms with Crippen LogP contribution in [0, 0.1) is 0 Å².